The number of carbonyl (C=O) groups excluding carboxylic acids is 5. The lowest BCUT2D eigenvalue weighted by Gasteiger charge is -2.31. The Morgan fingerprint density at radius 1 is 0.313 bits per heavy atom. The largest absolute Gasteiger partial charge is 0.768 e. The Morgan fingerprint density at radius 3 is 0.850 bits per heavy atom. The van der Waals surface area contributed by atoms with Gasteiger partial charge in [0.25, 0.3) is 0 Å². The average Bonchev–Trinajstić information content (AvgIpc) is 1.22. The number of anilines is 21. The van der Waals surface area contributed by atoms with Crippen LogP contribution in [0.1, 0.15) is 79.6 Å². The first kappa shape index (κ1) is 103. The van der Waals surface area contributed by atoms with Crippen LogP contribution in [0.15, 0.2) is 293 Å². The van der Waals surface area contributed by atoms with Gasteiger partial charge in [0.05, 0.1) is 49.4 Å². The second-order valence-corrected chi connectivity index (χ2v) is 42.1. The van der Waals surface area contributed by atoms with Gasteiger partial charge in [0.15, 0.2) is 28.9 Å². The number of nitrogens with zero attached hydrogens (tertiary/aromatic N) is 17. The molecule has 1 saturated heterocycles. The minimum Gasteiger partial charge on any atom is -0.768 e. The molecule has 11 heterocycles. The van der Waals surface area contributed by atoms with E-state index in [0.29, 0.717) is 133 Å². The Balaban J connectivity index is 0.000000131. The van der Waals surface area contributed by atoms with E-state index < -0.39 is 51.2 Å². The van der Waals surface area contributed by atoms with E-state index in [-0.39, 0.29) is 92.7 Å². The molecule has 0 aliphatic carbocycles. The van der Waals surface area contributed by atoms with Crippen LogP contribution in [0.25, 0.3) is 0 Å². The number of primary sulfonamides is 2. The van der Waals surface area contributed by atoms with Crippen LogP contribution in [-0.2, 0) is 83.3 Å². The quantitative estimate of drug-likeness (QED) is 0.0382. The molecule has 752 valence electrons. The third kappa shape index (κ3) is 23.9. The predicted molar refractivity (Wildman–Crippen MR) is 561 cm³/mol. The summed E-state index contributed by atoms with van der Waals surface area (Å²) in [7, 11) is -3.10. The summed E-state index contributed by atoms with van der Waals surface area (Å²) >= 11 is -2.26. The van der Waals surface area contributed by atoms with Crippen LogP contribution in [-0.4, -0.2) is 205 Å². The van der Waals surface area contributed by atoms with Gasteiger partial charge in [-0.1, -0.05) is 66.7 Å². The molecule has 21 rings (SSSR count). The number of hydrogen-bond acceptors (Lipinski definition) is 37. The fourth-order valence-electron chi connectivity index (χ4n) is 16.8. The second-order valence-electron chi connectivity index (χ2n) is 34.3. The van der Waals surface area contributed by atoms with Gasteiger partial charge in [-0.3, -0.25) is 32.9 Å². The molecule has 6 aliphatic heterocycles. The van der Waals surface area contributed by atoms with E-state index in [1.807, 2.05) is 176 Å². The fourth-order valence-corrected chi connectivity index (χ4v) is 20.2. The van der Waals surface area contributed by atoms with Crippen molar-refractivity contribution in [1.82, 2.24) is 65.2 Å². The van der Waals surface area contributed by atoms with Crippen molar-refractivity contribution in [2.24, 2.45) is 10.3 Å². The number of para-hydroxylation sites is 5. The summed E-state index contributed by atoms with van der Waals surface area (Å²) in [5.41, 5.74) is 14.5. The number of nitrogens with two attached hydrogens (primary N) is 2. The first-order chi connectivity index (χ1) is 69.8. The van der Waals surface area contributed by atoms with Crippen molar-refractivity contribution in [3.8, 4) is 0 Å². The third-order valence-corrected chi connectivity index (χ3v) is 29.2. The Hall–Kier alpha value is -16.5. The van der Waals surface area contributed by atoms with Crippen LogP contribution in [0, 0.1) is 0 Å². The minimum absolute atomic E-state index is 0. The summed E-state index contributed by atoms with van der Waals surface area (Å²) in [6.07, 6.45) is 10.4. The molecule has 15 aromatic rings. The predicted octanol–water partition coefficient (Wildman–Crippen LogP) is 13.6. The summed E-state index contributed by atoms with van der Waals surface area (Å²) < 4.78 is 120. The van der Waals surface area contributed by atoms with Crippen LogP contribution in [0.2, 0.25) is 0 Å². The first-order valence-corrected chi connectivity index (χ1v) is 52.6. The van der Waals surface area contributed by atoms with Gasteiger partial charge in [0, 0.05) is 219 Å². The molecule has 5 aromatic heterocycles. The van der Waals surface area contributed by atoms with Gasteiger partial charge in [0.1, 0.15) is 29.1 Å². The van der Waals surface area contributed by atoms with Crippen LogP contribution >= 0.6 is 0 Å². The lowest BCUT2D eigenvalue weighted by Crippen LogP contribution is -2.46. The van der Waals surface area contributed by atoms with E-state index in [9.17, 15) is 66.4 Å². The van der Waals surface area contributed by atoms with Gasteiger partial charge in [-0.2, -0.15) is 29.2 Å². The zero-order valence-electron chi connectivity index (χ0n) is 80.0. The van der Waals surface area contributed by atoms with E-state index in [1.165, 1.54) is 40.7 Å². The number of nitrogens with one attached hydrogen (secondary N) is 6. The lowest BCUT2D eigenvalue weighted by molar-refractivity contribution is 0.0986. The molecule has 0 radical (unpaired) electrons. The third-order valence-electron chi connectivity index (χ3n) is 24.2. The molecule has 13 N–H and O–H groups in total. The van der Waals surface area contributed by atoms with Gasteiger partial charge in [-0.25, -0.2) is 68.9 Å². The molecular formula is C101H97N26O15S5-. The molecule has 0 saturated carbocycles. The van der Waals surface area contributed by atoms with E-state index >= 15 is 0 Å². The number of benzene rings is 10. The highest BCUT2D eigenvalue weighted by Gasteiger charge is 2.34. The van der Waals surface area contributed by atoms with Crippen molar-refractivity contribution in [2.75, 3.05) is 131 Å². The van der Waals surface area contributed by atoms with Gasteiger partial charge in [-0.05, 0) is 194 Å². The zero-order chi connectivity index (χ0) is 103. The Labute approximate surface area is 849 Å². The molecule has 0 bridgehead atoms. The van der Waals surface area contributed by atoms with Gasteiger partial charge in [0.2, 0.25) is 69.8 Å². The number of Topliss-reactive ketones (excluding diaryl/α,β-unsaturated/α-hetero) is 5. The van der Waals surface area contributed by atoms with E-state index in [2.05, 4.69) is 86.0 Å². The van der Waals surface area contributed by atoms with Crippen LogP contribution in [0.4, 0.5) is 121 Å². The van der Waals surface area contributed by atoms with Crippen molar-refractivity contribution < 1.29 is 66.4 Å². The Kier molecular flexibility index (Phi) is 30.6. The number of aromatic nitrogens is 10. The summed E-state index contributed by atoms with van der Waals surface area (Å²) in [5.74, 6) is 5.07. The molecule has 1 atom stereocenters. The second kappa shape index (κ2) is 43.6. The van der Waals surface area contributed by atoms with E-state index in [4.69, 9.17) is 10.3 Å². The van der Waals surface area contributed by atoms with Crippen molar-refractivity contribution in [3.05, 3.63) is 329 Å². The maximum absolute atomic E-state index is 12.9. The van der Waals surface area contributed by atoms with E-state index in [0.717, 1.165) is 70.0 Å². The molecule has 46 heteroatoms. The zero-order valence-corrected chi connectivity index (χ0v) is 84.1. The SMILES string of the molecule is CN1CCN(S(=O)(=O)c2ccc(Nc3ncc4c(n3)N(C)c3ccccc3C(=O)C4)cc2)CC1.CN1c2ccccc2C(=O)Cc2cnc(Nc3ccc(NS(C)(=O)=O)cc3)nc21.CN1c2ccccc2C(=O)Cc2cnc(Nc3ccc(S(=O)[O-])cc3)nc21.CN1c2ccccc2C(=O)Cc2cnc(Nc3ccc(S(N)(=O)=O)cc3)nc21.CN1c2ccccc2C(=O)Cc2cnc(Nc3cccc(S(N)(=O)=O)c3)nc21.N. The normalized spacial score (nSPS) is 14.3. The summed E-state index contributed by atoms with van der Waals surface area (Å²) in [6.45, 7) is 2.42. The molecule has 0 spiro atoms. The Morgan fingerprint density at radius 2 is 0.571 bits per heavy atom. The summed E-state index contributed by atoms with van der Waals surface area (Å²) in [5, 5.41) is 25.6. The van der Waals surface area contributed by atoms with Gasteiger partial charge < -0.3 is 66.7 Å². The highest BCUT2D eigenvalue weighted by molar-refractivity contribution is 7.92. The molecule has 6 aliphatic rings. The molecule has 1 fully saturated rings. The van der Waals surface area contributed by atoms with Crippen molar-refractivity contribution in [2.45, 2.75) is 51.7 Å². The topological polar surface area (TPSA) is 573 Å². The first-order valence-electron chi connectivity index (χ1n) is 45.1. The van der Waals surface area contributed by atoms with Gasteiger partial charge in [-0.15, -0.1) is 0 Å². The number of likely N-dealkylation sites (N-methyl/N-ethyl adjacent to an activating group) is 1. The number of fused-ring (bicyclic) bond motifs is 10. The lowest BCUT2D eigenvalue weighted by atomic mass is 10.1. The van der Waals surface area contributed by atoms with Crippen molar-refractivity contribution >= 4 is 201 Å². The standard InChI is InChI=1S/C24H26N6O3S.C20H19N5O3S.2C19H17N5O3S.C19H16N4O3S.H3N/c1-28-11-13-30(14-12-28)34(32,33)19-9-7-18(8-10-19)26-24-25-16-17-15-22(31)20-5-3-4-6-21(20)29(2)23(17)27-24;1-25-17-6-4-3-5-16(17)18(26)11-13-12-21-20(23-19(13)25)22-14-7-9-15(10-8-14)24-29(2,27)28;1-24-16-8-3-2-7-15(16)17(25)9-12-11-21-19(23-18(12)24)22-13-5-4-6-14(10-13)28(20,26)27;1-24-16-5-3-2-4-15(16)17(25)10-12-11-21-19(23-18(12)24)22-13-6-8-14(9-7-13)28(20,26)27;1-23-16-5-3-2-4-15(16)17(24)10-12-11-20-19(22-18(12)23)21-13-6-8-14(9-7-13)27(25)26;/h3-10,16H,11-15H2,1-2H3,(H,25,26,27);3-10,12,24H,11H2,1-2H3,(H,21,22,23);2-8,10-11H,9H2,1H3,(H2,20,26,27)(H,21,22,23);2-9,11H,10H2,1H3,(H2,20,26,27)(H,21,22,23);2-9,11H,10H2,1H3,(H,25,26)(H,20,21,22);1H3/p-1. The highest BCUT2D eigenvalue weighted by Crippen LogP contribution is 2.41. The molecule has 41 nitrogen and oxygen atoms in total. The van der Waals surface area contributed by atoms with Crippen LogP contribution in [0.5, 0.6) is 0 Å². The highest BCUT2D eigenvalue weighted by atomic mass is 32.2. The van der Waals surface area contributed by atoms with Crippen LogP contribution in [0.3, 0.4) is 0 Å². The maximum atomic E-state index is 12.9. The fraction of sp³-hybridized carbons (Fsp3) is 0.158. The summed E-state index contributed by atoms with van der Waals surface area (Å²) in [6, 6.07) is 68.8. The van der Waals surface area contributed by atoms with E-state index in [1.54, 1.807) is 128 Å². The molecule has 10 aromatic carbocycles. The number of carbonyl (C=O) groups is 5. The van der Waals surface area contributed by atoms with Gasteiger partial charge >= 0.3 is 0 Å². The smallest absolute Gasteiger partial charge is 0.243 e. The number of ketones is 5. The number of sulfonamides is 4. The number of rotatable bonds is 17. The van der Waals surface area contributed by atoms with Crippen molar-refractivity contribution in [3.63, 3.8) is 0 Å². The number of piperazine rings is 1. The molecule has 0 amide bonds. The molecular weight excluding hydrogens is 1980 g/mol. The molecule has 147 heavy (non-hydrogen) atoms. The molecule has 1 unspecified atom stereocenters. The Bertz CT molecular complexity index is 8150. The summed E-state index contributed by atoms with van der Waals surface area (Å²) in [4.78, 5) is 119. The number of hydrogen-bond donors (Lipinski definition) is 9. The van der Waals surface area contributed by atoms with Crippen molar-refractivity contribution in [1.29, 1.82) is 0 Å². The maximum Gasteiger partial charge on any atom is 0.243 e. The minimum atomic E-state index is -3.81. The average molecular weight is 2080 g/mol. The monoisotopic (exact) mass is 2070 g/mol. The van der Waals surface area contributed by atoms with Crippen LogP contribution < -0.4 is 72.2 Å².